The van der Waals surface area contributed by atoms with Crippen molar-refractivity contribution in [2.45, 2.75) is 38.6 Å². The number of aldehydes is 2. The van der Waals surface area contributed by atoms with Crippen LogP contribution in [0.4, 0.5) is 11.4 Å². The van der Waals surface area contributed by atoms with E-state index in [-0.39, 0.29) is 12.3 Å². The molecule has 6 nitrogen and oxygen atoms in total. The number of carbonyl (C=O) groups is 3. The molecule has 0 spiro atoms. The molecule has 0 radical (unpaired) electrons. The van der Waals surface area contributed by atoms with Crippen molar-refractivity contribution in [3.8, 4) is 0 Å². The highest BCUT2D eigenvalue weighted by molar-refractivity contribution is 5.90. The van der Waals surface area contributed by atoms with Crippen molar-refractivity contribution >= 4 is 30.4 Å². The van der Waals surface area contributed by atoms with Crippen LogP contribution in [0.3, 0.4) is 0 Å². The normalized spacial score (nSPS) is 11.1. The van der Waals surface area contributed by atoms with Crippen molar-refractivity contribution in [3.05, 3.63) is 23.8 Å². The molecule has 0 aromatic heterocycles. The summed E-state index contributed by atoms with van der Waals surface area (Å²) in [7, 11) is 5.32. The Bertz CT molecular complexity index is 530. The summed E-state index contributed by atoms with van der Waals surface area (Å²) in [6, 6.07) is 5.10. The van der Waals surface area contributed by atoms with Gasteiger partial charge in [-0.3, -0.25) is 4.79 Å². The number of para-hydroxylation sites is 1. The van der Waals surface area contributed by atoms with Gasteiger partial charge in [-0.2, -0.15) is 0 Å². The van der Waals surface area contributed by atoms with E-state index in [9.17, 15) is 14.4 Å². The third-order valence-electron chi connectivity index (χ3n) is 3.60. The first-order valence-corrected chi connectivity index (χ1v) is 7.98. The third kappa shape index (κ3) is 5.45. The van der Waals surface area contributed by atoms with Crippen LogP contribution in [0.25, 0.3) is 0 Å². The maximum absolute atomic E-state index is 11.6. The molecule has 0 heterocycles. The molecule has 1 atom stereocenters. The summed E-state index contributed by atoms with van der Waals surface area (Å²) in [6.45, 7) is 4.17. The highest BCUT2D eigenvalue weighted by atomic mass is 16.1. The van der Waals surface area contributed by atoms with Crippen LogP contribution in [-0.4, -0.2) is 46.2 Å². The van der Waals surface area contributed by atoms with Gasteiger partial charge in [0.25, 0.3) is 0 Å². The number of benzene rings is 1. The zero-order valence-electron chi connectivity index (χ0n) is 15.2. The molecule has 134 valence electrons. The monoisotopic (exact) mass is 335 g/mol. The fraction of sp³-hybridized carbons (Fsp3) is 0.500. The van der Waals surface area contributed by atoms with Gasteiger partial charge in [0, 0.05) is 20.5 Å². The molecule has 1 aromatic carbocycles. The number of hydrogen-bond donors (Lipinski definition) is 1. The Morgan fingerprint density at radius 1 is 1.12 bits per heavy atom. The first-order valence-electron chi connectivity index (χ1n) is 7.98. The molecule has 0 aliphatic carbocycles. The molecule has 0 aliphatic rings. The lowest BCUT2D eigenvalue weighted by atomic mass is 9.98. The van der Waals surface area contributed by atoms with E-state index in [0.717, 1.165) is 23.8 Å². The number of anilines is 2. The highest BCUT2D eigenvalue weighted by Gasteiger charge is 2.23. The molecule has 1 aromatic rings. The summed E-state index contributed by atoms with van der Waals surface area (Å²) in [6.07, 6.45) is 2.71. The van der Waals surface area contributed by atoms with Gasteiger partial charge in [0.1, 0.15) is 12.6 Å². The second kappa shape index (κ2) is 11.3. The van der Waals surface area contributed by atoms with Crippen molar-refractivity contribution in [1.82, 2.24) is 0 Å². The van der Waals surface area contributed by atoms with Crippen LogP contribution in [0.2, 0.25) is 0 Å². The number of rotatable bonds is 9. The Hall–Kier alpha value is -2.21. The Kier molecular flexibility index (Phi) is 10.3. The molecule has 0 saturated carbocycles. The standard InChI is InChI=1S/C17H24N2O3.CH5N/c1-13(2)15-8-5-9-16(17(15)18(3)4)19(12-22)14(11-21)7-6-10-20;1-2/h5,8-14H,6-7H2,1-4H3;2H2,1H3. The Morgan fingerprint density at radius 2 is 1.75 bits per heavy atom. The lowest BCUT2D eigenvalue weighted by molar-refractivity contribution is -0.113. The van der Waals surface area contributed by atoms with Gasteiger partial charge >= 0.3 is 0 Å². The van der Waals surface area contributed by atoms with Crippen molar-refractivity contribution in [3.63, 3.8) is 0 Å². The molecule has 0 saturated heterocycles. The maximum atomic E-state index is 11.6. The first kappa shape index (κ1) is 21.8. The summed E-state index contributed by atoms with van der Waals surface area (Å²) in [4.78, 5) is 36.9. The lowest BCUT2D eigenvalue weighted by Gasteiger charge is -2.30. The highest BCUT2D eigenvalue weighted by Crippen LogP contribution is 2.36. The minimum absolute atomic E-state index is 0.245. The smallest absolute Gasteiger partial charge is 0.214 e. The molecule has 0 bridgehead atoms. The second-order valence-corrected chi connectivity index (χ2v) is 5.72. The largest absolute Gasteiger partial charge is 0.376 e. The lowest BCUT2D eigenvalue weighted by Crippen LogP contribution is -2.36. The summed E-state index contributed by atoms with van der Waals surface area (Å²) in [5.41, 5.74) is 7.21. The van der Waals surface area contributed by atoms with E-state index in [1.165, 1.54) is 11.9 Å². The van der Waals surface area contributed by atoms with Crippen LogP contribution in [0, 0.1) is 0 Å². The molecule has 2 N–H and O–H groups in total. The van der Waals surface area contributed by atoms with E-state index in [0.29, 0.717) is 18.5 Å². The summed E-state index contributed by atoms with van der Waals surface area (Å²) in [5, 5.41) is 0. The van der Waals surface area contributed by atoms with Crippen LogP contribution < -0.4 is 15.5 Å². The molecule has 1 rings (SSSR count). The van der Waals surface area contributed by atoms with Gasteiger partial charge in [-0.1, -0.05) is 26.0 Å². The number of hydrogen-bond acceptors (Lipinski definition) is 5. The van der Waals surface area contributed by atoms with Gasteiger partial charge in [0.15, 0.2) is 0 Å². The molecular weight excluding hydrogens is 306 g/mol. The predicted molar refractivity (Wildman–Crippen MR) is 98.7 cm³/mol. The van der Waals surface area contributed by atoms with E-state index in [1.54, 1.807) is 0 Å². The predicted octanol–water partition coefficient (Wildman–Crippen LogP) is 1.96. The Balaban J connectivity index is 0.00000254. The van der Waals surface area contributed by atoms with Crippen molar-refractivity contribution < 1.29 is 14.4 Å². The Morgan fingerprint density at radius 3 is 2.17 bits per heavy atom. The number of amides is 1. The van der Waals surface area contributed by atoms with Crippen LogP contribution in [0.15, 0.2) is 18.2 Å². The SMILES string of the molecule is CC(C)c1cccc(N(C=O)C(C=O)CCC=O)c1N(C)C.CN. The van der Waals surface area contributed by atoms with Crippen molar-refractivity contribution in [2.75, 3.05) is 30.9 Å². The average Bonchev–Trinajstić information content (AvgIpc) is 2.59. The van der Waals surface area contributed by atoms with E-state index < -0.39 is 6.04 Å². The van der Waals surface area contributed by atoms with Crippen molar-refractivity contribution in [2.24, 2.45) is 5.73 Å². The van der Waals surface area contributed by atoms with Gasteiger partial charge in [-0.25, -0.2) is 0 Å². The molecule has 1 unspecified atom stereocenters. The van der Waals surface area contributed by atoms with Crippen molar-refractivity contribution in [1.29, 1.82) is 0 Å². The van der Waals surface area contributed by atoms with Gasteiger partial charge in [-0.15, -0.1) is 0 Å². The number of nitrogens with zero attached hydrogens (tertiary/aromatic N) is 2. The van der Waals surface area contributed by atoms with Crippen LogP contribution in [0.1, 0.15) is 38.2 Å². The zero-order valence-corrected chi connectivity index (χ0v) is 15.2. The summed E-state index contributed by atoms with van der Waals surface area (Å²) < 4.78 is 0. The molecular formula is C18H29N3O3. The van der Waals surface area contributed by atoms with Crippen LogP contribution >= 0.6 is 0 Å². The van der Waals surface area contributed by atoms with E-state index in [1.807, 2.05) is 37.2 Å². The fourth-order valence-electron chi connectivity index (χ4n) is 2.54. The number of carbonyl (C=O) groups excluding carboxylic acids is 3. The molecule has 24 heavy (non-hydrogen) atoms. The molecule has 0 fully saturated rings. The van der Waals surface area contributed by atoms with E-state index in [2.05, 4.69) is 19.6 Å². The minimum Gasteiger partial charge on any atom is -0.376 e. The Labute approximate surface area is 144 Å². The topological polar surface area (TPSA) is 83.7 Å². The summed E-state index contributed by atoms with van der Waals surface area (Å²) in [5.74, 6) is 0.288. The maximum Gasteiger partial charge on any atom is 0.214 e. The quantitative estimate of drug-likeness (QED) is 0.698. The van der Waals surface area contributed by atoms with Gasteiger partial charge in [0.2, 0.25) is 6.41 Å². The third-order valence-corrected chi connectivity index (χ3v) is 3.60. The first-order chi connectivity index (χ1) is 11.5. The minimum atomic E-state index is -0.635. The summed E-state index contributed by atoms with van der Waals surface area (Å²) >= 11 is 0. The molecule has 1 amide bonds. The van der Waals surface area contributed by atoms with Gasteiger partial charge < -0.3 is 25.1 Å². The fourth-order valence-corrected chi connectivity index (χ4v) is 2.54. The molecule has 6 heteroatoms. The van der Waals surface area contributed by atoms with Crippen LogP contribution in [-0.2, 0) is 14.4 Å². The van der Waals surface area contributed by atoms with E-state index >= 15 is 0 Å². The van der Waals surface area contributed by atoms with Crippen LogP contribution in [0.5, 0.6) is 0 Å². The average molecular weight is 335 g/mol. The second-order valence-electron chi connectivity index (χ2n) is 5.72. The van der Waals surface area contributed by atoms with Gasteiger partial charge in [-0.05, 0) is 31.0 Å². The van der Waals surface area contributed by atoms with E-state index in [4.69, 9.17) is 0 Å². The number of nitrogens with two attached hydrogens (primary N) is 1. The van der Waals surface area contributed by atoms with Gasteiger partial charge in [0.05, 0.1) is 17.4 Å². The zero-order chi connectivity index (χ0) is 18.7. The molecule has 0 aliphatic heterocycles.